The molecule has 1 N–H and O–H groups in total. The molecule has 1 aliphatic heterocycles. The highest BCUT2D eigenvalue weighted by molar-refractivity contribution is 5.78. The van der Waals surface area contributed by atoms with Crippen LogP contribution in [0.25, 0.3) is 0 Å². The highest BCUT2D eigenvalue weighted by atomic mass is 16.2. The van der Waals surface area contributed by atoms with Crippen LogP contribution in [0.3, 0.4) is 0 Å². The lowest BCUT2D eigenvalue weighted by Gasteiger charge is -2.41. The van der Waals surface area contributed by atoms with Gasteiger partial charge in [0.2, 0.25) is 5.91 Å². The molecule has 1 aliphatic carbocycles. The molecule has 0 radical (unpaired) electrons. The van der Waals surface area contributed by atoms with E-state index in [4.69, 9.17) is 0 Å². The first-order valence-electron chi connectivity index (χ1n) is 8.05. The second-order valence-electron chi connectivity index (χ2n) is 6.85. The molecule has 3 heteroatoms. The van der Waals surface area contributed by atoms with Crippen molar-refractivity contribution in [2.24, 2.45) is 5.92 Å². The Morgan fingerprint density at radius 2 is 1.89 bits per heavy atom. The number of likely N-dealkylation sites (tertiary alicyclic amines) is 1. The van der Waals surface area contributed by atoms with Gasteiger partial charge in [-0.3, -0.25) is 4.79 Å². The van der Waals surface area contributed by atoms with E-state index in [1.54, 1.807) is 0 Å². The number of carbonyl (C=O) groups excluding carboxylic acids is 1. The molecule has 0 spiro atoms. The minimum atomic E-state index is 0.0791. The van der Waals surface area contributed by atoms with Crippen molar-refractivity contribution in [3.63, 3.8) is 0 Å². The fraction of sp³-hybridized carbons (Fsp3) is 0.938. The first-order chi connectivity index (χ1) is 9.06. The summed E-state index contributed by atoms with van der Waals surface area (Å²) in [6.07, 6.45) is 9.30. The molecule has 1 heterocycles. The van der Waals surface area contributed by atoms with Crippen molar-refractivity contribution in [1.29, 1.82) is 0 Å². The van der Waals surface area contributed by atoms with Crippen molar-refractivity contribution >= 4 is 5.91 Å². The van der Waals surface area contributed by atoms with Gasteiger partial charge in [0.25, 0.3) is 0 Å². The lowest BCUT2D eigenvalue weighted by Crippen LogP contribution is -2.52. The Morgan fingerprint density at radius 3 is 2.53 bits per heavy atom. The van der Waals surface area contributed by atoms with Crippen molar-refractivity contribution in [2.45, 2.75) is 76.8 Å². The highest BCUT2D eigenvalue weighted by Crippen LogP contribution is 2.32. The fourth-order valence-corrected chi connectivity index (χ4v) is 3.77. The Morgan fingerprint density at radius 1 is 1.21 bits per heavy atom. The van der Waals surface area contributed by atoms with Gasteiger partial charge in [-0.25, -0.2) is 0 Å². The maximum Gasteiger partial charge on any atom is 0.224 e. The van der Waals surface area contributed by atoms with E-state index in [0.717, 1.165) is 19.4 Å². The van der Waals surface area contributed by atoms with Crippen LogP contribution < -0.4 is 5.32 Å². The van der Waals surface area contributed by atoms with Crippen LogP contribution >= 0.6 is 0 Å². The number of hydrogen-bond donors (Lipinski definition) is 1. The number of rotatable bonds is 3. The van der Waals surface area contributed by atoms with Gasteiger partial charge < -0.3 is 10.2 Å². The van der Waals surface area contributed by atoms with Crippen molar-refractivity contribution in [2.75, 3.05) is 13.6 Å². The van der Waals surface area contributed by atoms with E-state index < -0.39 is 0 Å². The van der Waals surface area contributed by atoms with Crippen molar-refractivity contribution in [3.05, 3.63) is 0 Å². The third-order valence-electron chi connectivity index (χ3n) is 5.27. The fourth-order valence-electron chi connectivity index (χ4n) is 3.77. The summed E-state index contributed by atoms with van der Waals surface area (Å²) in [7, 11) is 2.03. The summed E-state index contributed by atoms with van der Waals surface area (Å²) < 4.78 is 0. The van der Waals surface area contributed by atoms with Crippen LogP contribution in [0.1, 0.15) is 65.2 Å². The molecule has 0 aromatic heterocycles. The van der Waals surface area contributed by atoms with Gasteiger partial charge in [-0.05, 0) is 45.6 Å². The maximum atomic E-state index is 12.7. The molecule has 2 atom stereocenters. The maximum absolute atomic E-state index is 12.7. The van der Waals surface area contributed by atoms with E-state index in [1.165, 1.54) is 32.1 Å². The zero-order valence-corrected chi connectivity index (χ0v) is 12.9. The second kappa shape index (κ2) is 6.25. The molecule has 1 amide bonds. The molecule has 2 unspecified atom stereocenters. The van der Waals surface area contributed by atoms with Gasteiger partial charge in [0.15, 0.2) is 0 Å². The third-order valence-corrected chi connectivity index (χ3v) is 5.27. The summed E-state index contributed by atoms with van der Waals surface area (Å²) in [6.45, 7) is 5.43. The Balaban J connectivity index is 1.98. The average molecular weight is 266 g/mol. The van der Waals surface area contributed by atoms with Crippen LogP contribution in [-0.4, -0.2) is 36.0 Å². The van der Waals surface area contributed by atoms with E-state index in [2.05, 4.69) is 24.1 Å². The van der Waals surface area contributed by atoms with Crippen molar-refractivity contribution in [3.8, 4) is 0 Å². The SMILES string of the molecule is CNC1(CC(=O)N2CC(C)CCC2C)CCCCC1. The minimum absolute atomic E-state index is 0.0791. The largest absolute Gasteiger partial charge is 0.340 e. The molecular weight excluding hydrogens is 236 g/mol. The monoisotopic (exact) mass is 266 g/mol. The number of piperidine rings is 1. The summed E-state index contributed by atoms with van der Waals surface area (Å²) in [6, 6.07) is 0.432. The summed E-state index contributed by atoms with van der Waals surface area (Å²) in [4.78, 5) is 14.8. The molecule has 1 saturated heterocycles. The molecule has 2 aliphatic rings. The summed E-state index contributed by atoms with van der Waals surface area (Å²) >= 11 is 0. The van der Waals surface area contributed by atoms with Crippen molar-refractivity contribution < 1.29 is 4.79 Å². The third kappa shape index (κ3) is 3.50. The van der Waals surface area contributed by atoms with Crippen molar-refractivity contribution in [1.82, 2.24) is 10.2 Å². The van der Waals surface area contributed by atoms with Gasteiger partial charge in [0.1, 0.15) is 0 Å². The number of nitrogens with one attached hydrogen (secondary N) is 1. The molecule has 0 bridgehead atoms. The molecule has 1 saturated carbocycles. The van der Waals surface area contributed by atoms with Crippen LogP contribution in [0.5, 0.6) is 0 Å². The van der Waals surface area contributed by atoms with Crippen LogP contribution in [0.2, 0.25) is 0 Å². The van der Waals surface area contributed by atoms with E-state index in [9.17, 15) is 4.79 Å². The predicted octanol–water partition coefficient (Wildman–Crippen LogP) is 2.95. The number of amides is 1. The average Bonchev–Trinajstić information content (AvgIpc) is 2.42. The molecule has 19 heavy (non-hydrogen) atoms. The highest BCUT2D eigenvalue weighted by Gasteiger charge is 2.36. The first-order valence-corrected chi connectivity index (χ1v) is 8.05. The van der Waals surface area contributed by atoms with E-state index in [-0.39, 0.29) is 5.54 Å². The number of carbonyl (C=O) groups is 1. The number of hydrogen-bond acceptors (Lipinski definition) is 2. The smallest absolute Gasteiger partial charge is 0.224 e. The second-order valence-corrected chi connectivity index (χ2v) is 6.85. The minimum Gasteiger partial charge on any atom is -0.340 e. The van der Waals surface area contributed by atoms with Gasteiger partial charge >= 0.3 is 0 Å². The normalized spacial score (nSPS) is 31.2. The number of nitrogens with zero attached hydrogens (tertiary/aromatic N) is 1. The zero-order chi connectivity index (χ0) is 13.9. The zero-order valence-electron chi connectivity index (χ0n) is 12.9. The molecule has 2 fully saturated rings. The molecule has 2 rings (SSSR count). The standard InChI is InChI=1S/C16H30N2O/c1-13-7-8-14(2)18(12-13)15(19)11-16(17-3)9-5-4-6-10-16/h13-14,17H,4-12H2,1-3H3. The van der Waals surface area contributed by atoms with E-state index >= 15 is 0 Å². The van der Waals surface area contributed by atoms with Crippen LogP contribution in [0.4, 0.5) is 0 Å². The predicted molar refractivity (Wildman–Crippen MR) is 79.1 cm³/mol. The quantitative estimate of drug-likeness (QED) is 0.852. The van der Waals surface area contributed by atoms with Gasteiger partial charge in [-0.2, -0.15) is 0 Å². The Hall–Kier alpha value is -0.570. The summed E-state index contributed by atoms with van der Waals surface area (Å²) in [5.41, 5.74) is 0.0791. The van der Waals surface area contributed by atoms with E-state index in [0.29, 0.717) is 24.3 Å². The molecular formula is C16H30N2O. The van der Waals surface area contributed by atoms with E-state index in [1.807, 2.05) is 7.05 Å². The van der Waals surface area contributed by atoms with Gasteiger partial charge in [-0.1, -0.05) is 26.2 Å². The summed E-state index contributed by atoms with van der Waals surface area (Å²) in [5, 5.41) is 3.47. The van der Waals surface area contributed by atoms with Gasteiger partial charge in [0.05, 0.1) is 0 Å². The lowest BCUT2D eigenvalue weighted by atomic mass is 9.78. The molecule has 110 valence electrons. The topological polar surface area (TPSA) is 32.3 Å². The Labute approximate surface area is 118 Å². The molecule has 0 aromatic carbocycles. The summed E-state index contributed by atoms with van der Waals surface area (Å²) in [5.74, 6) is 1.03. The van der Waals surface area contributed by atoms with Crippen LogP contribution in [-0.2, 0) is 4.79 Å². The Kier molecular flexibility index (Phi) is 4.88. The van der Waals surface area contributed by atoms with Gasteiger partial charge in [-0.15, -0.1) is 0 Å². The van der Waals surface area contributed by atoms with Crippen LogP contribution in [0, 0.1) is 5.92 Å². The Bertz CT molecular complexity index is 310. The molecule has 3 nitrogen and oxygen atoms in total. The van der Waals surface area contributed by atoms with Crippen LogP contribution in [0.15, 0.2) is 0 Å². The van der Waals surface area contributed by atoms with Gasteiger partial charge in [0, 0.05) is 24.5 Å². The molecule has 0 aromatic rings. The lowest BCUT2D eigenvalue weighted by molar-refractivity contribution is -0.137. The first kappa shape index (κ1) is 14.8.